The lowest BCUT2D eigenvalue weighted by Crippen LogP contribution is -2.39. The highest BCUT2D eigenvalue weighted by Crippen LogP contribution is 2.23. The number of hydrogen-bond acceptors (Lipinski definition) is 4. The molecule has 7 heteroatoms. The number of benzene rings is 2. The monoisotopic (exact) mass is 406 g/mol. The maximum atomic E-state index is 12.2. The highest BCUT2D eigenvalue weighted by molar-refractivity contribution is 5.82. The first-order valence-corrected chi connectivity index (χ1v) is 9.75. The van der Waals surface area contributed by atoms with E-state index in [0.29, 0.717) is 0 Å². The molecule has 1 aromatic heterocycles. The largest absolute Gasteiger partial charge is 0.444 e. The lowest BCUT2D eigenvalue weighted by atomic mass is 10.1. The van der Waals surface area contributed by atoms with Gasteiger partial charge in [0.15, 0.2) is 0 Å². The lowest BCUT2D eigenvalue weighted by molar-refractivity contribution is -0.120. The molecule has 0 saturated carbocycles. The van der Waals surface area contributed by atoms with Crippen LogP contribution in [0.5, 0.6) is 0 Å². The third-order valence-electron chi connectivity index (χ3n) is 4.13. The van der Waals surface area contributed by atoms with Crippen molar-refractivity contribution < 1.29 is 14.3 Å². The number of alkyl carbamates (subject to hydrolysis) is 1. The van der Waals surface area contributed by atoms with E-state index >= 15 is 0 Å². The number of rotatable bonds is 6. The van der Waals surface area contributed by atoms with Gasteiger partial charge < -0.3 is 15.4 Å². The fourth-order valence-electron chi connectivity index (χ4n) is 2.81. The predicted octanol–water partition coefficient (Wildman–Crippen LogP) is 3.68. The summed E-state index contributed by atoms with van der Waals surface area (Å²) in [7, 11) is 0. The third-order valence-corrected chi connectivity index (χ3v) is 4.13. The maximum absolute atomic E-state index is 12.2. The van der Waals surface area contributed by atoms with Gasteiger partial charge in [0, 0.05) is 23.9 Å². The molecule has 30 heavy (non-hydrogen) atoms. The SMILES string of the molecule is CC(C)(C)OC(=O)NCC(=O)NCc1cn(-c2ccccc2)nc1-c1ccccc1. The molecule has 0 spiro atoms. The molecule has 2 aromatic carbocycles. The summed E-state index contributed by atoms with van der Waals surface area (Å²) in [5.74, 6) is -0.313. The van der Waals surface area contributed by atoms with Crippen LogP contribution in [0.3, 0.4) is 0 Å². The van der Waals surface area contributed by atoms with Crippen molar-refractivity contribution in [1.82, 2.24) is 20.4 Å². The molecule has 1 heterocycles. The van der Waals surface area contributed by atoms with Crippen LogP contribution in [0.1, 0.15) is 26.3 Å². The van der Waals surface area contributed by atoms with E-state index in [9.17, 15) is 9.59 Å². The fraction of sp³-hybridized carbons (Fsp3) is 0.261. The van der Waals surface area contributed by atoms with Crippen molar-refractivity contribution in [3.8, 4) is 16.9 Å². The van der Waals surface area contributed by atoms with Gasteiger partial charge in [-0.15, -0.1) is 0 Å². The Balaban J connectivity index is 1.69. The highest BCUT2D eigenvalue weighted by Gasteiger charge is 2.17. The second-order valence-corrected chi connectivity index (χ2v) is 7.78. The Morgan fingerprint density at radius 2 is 1.60 bits per heavy atom. The molecule has 2 N–H and O–H groups in total. The van der Waals surface area contributed by atoms with Crippen LogP contribution in [0, 0.1) is 0 Å². The van der Waals surface area contributed by atoms with E-state index in [1.54, 1.807) is 25.5 Å². The van der Waals surface area contributed by atoms with Gasteiger partial charge in [-0.05, 0) is 32.9 Å². The number of ether oxygens (including phenoxy) is 1. The molecule has 3 rings (SSSR count). The van der Waals surface area contributed by atoms with Gasteiger partial charge in [0.2, 0.25) is 5.91 Å². The molecule has 0 atom stereocenters. The molecule has 7 nitrogen and oxygen atoms in total. The summed E-state index contributed by atoms with van der Waals surface area (Å²) >= 11 is 0. The minimum Gasteiger partial charge on any atom is -0.444 e. The molecule has 0 fully saturated rings. The maximum Gasteiger partial charge on any atom is 0.408 e. The lowest BCUT2D eigenvalue weighted by Gasteiger charge is -2.19. The Bertz CT molecular complexity index is 992. The molecule has 3 aromatic rings. The minimum atomic E-state index is -0.625. The molecular formula is C23H26N4O3. The molecule has 0 aliphatic rings. The number of para-hydroxylation sites is 1. The van der Waals surface area contributed by atoms with Gasteiger partial charge in [0.25, 0.3) is 0 Å². The number of carbonyl (C=O) groups is 2. The first-order valence-electron chi connectivity index (χ1n) is 9.75. The standard InChI is InChI=1S/C23H26N4O3/c1-23(2,3)30-22(29)25-15-20(28)24-14-18-16-27(19-12-8-5-9-13-19)26-21(18)17-10-6-4-7-11-17/h4-13,16H,14-15H2,1-3H3,(H,24,28)(H,25,29). The Hall–Kier alpha value is -3.61. The van der Waals surface area contributed by atoms with Crippen LogP contribution < -0.4 is 10.6 Å². The second kappa shape index (κ2) is 9.26. The number of aromatic nitrogens is 2. The van der Waals surface area contributed by atoms with Crippen LogP contribution in [0.4, 0.5) is 4.79 Å². The molecular weight excluding hydrogens is 380 g/mol. The first-order chi connectivity index (χ1) is 14.3. The molecule has 0 aliphatic heterocycles. The minimum absolute atomic E-state index is 0.164. The molecule has 156 valence electrons. The van der Waals surface area contributed by atoms with Gasteiger partial charge in [-0.3, -0.25) is 4.79 Å². The molecule has 2 amide bonds. The molecule has 0 aliphatic carbocycles. The fourth-order valence-corrected chi connectivity index (χ4v) is 2.81. The molecule has 0 saturated heterocycles. The third kappa shape index (κ3) is 5.94. The topological polar surface area (TPSA) is 85.2 Å². The van der Waals surface area contributed by atoms with E-state index in [1.165, 1.54) is 0 Å². The summed E-state index contributed by atoms with van der Waals surface area (Å²) in [5, 5.41) is 10.0. The van der Waals surface area contributed by atoms with Gasteiger partial charge in [-0.2, -0.15) is 5.10 Å². The first kappa shape index (κ1) is 21.1. The van der Waals surface area contributed by atoms with E-state index in [0.717, 1.165) is 22.5 Å². The van der Waals surface area contributed by atoms with E-state index in [-0.39, 0.29) is 19.0 Å². The number of carbonyl (C=O) groups excluding carboxylic acids is 2. The van der Waals surface area contributed by atoms with Crippen molar-refractivity contribution in [2.75, 3.05) is 6.54 Å². The second-order valence-electron chi connectivity index (χ2n) is 7.78. The van der Waals surface area contributed by atoms with Crippen LogP contribution >= 0.6 is 0 Å². The van der Waals surface area contributed by atoms with Crippen LogP contribution in [0.2, 0.25) is 0 Å². The van der Waals surface area contributed by atoms with Gasteiger partial charge >= 0.3 is 6.09 Å². The van der Waals surface area contributed by atoms with E-state index < -0.39 is 11.7 Å². The summed E-state index contributed by atoms with van der Waals surface area (Å²) < 4.78 is 6.93. The Labute approximate surface area is 176 Å². The number of hydrogen-bond donors (Lipinski definition) is 2. The Morgan fingerprint density at radius 3 is 2.23 bits per heavy atom. The normalized spacial score (nSPS) is 11.0. The summed E-state index contributed by atoms with van der Waals surface area (Å²) in [6.45, 7) is 5.42. The molecule has 0 bridgehead atoms. The van der Waals surface area contributed by atoms with Crippen molar-refractivity contribution in [2.24, 2.45) is 0 Å². The number of nitrogens with one attached hydrogen (secondary N) is 2. The quantitative estimate of drug-likeness (QED) is 0.654. The van der Waals surface area contributed by atoms with Crippen LogP contribution in [-0.4, -0.2) is 33.9 Å². The Kier molecular flexibility index (Phi) is 6.51. The average molecular weight is 406 g/mol. The number of nitrogens with zero attached hydrogens (tertiary/aromatic N) is 2. The van der Waals surface area contributed by atoms with Crippen molar-refractivity contribution in [3.63, 3.8) is 0 Å². The zero-order valence-corrected chi connectivity index (χ0v) is 17.4. The van der Waals surface area contributed by atoms with Crippen LogP contribution in [0.15, 0.2) is 66.9 Å². The number of amides is 2. The van der Waals surface area contributed by atoms with Crippen LogP contribution in [-0.2, 0) is 16.1 Å². The van der Waals surface area contributed by atoms with Gasteiger partial charge in [0.05, 0.1) is 11.4 Å². The highest BCUT2D eigenvalue weighted by atomic mass is 16.6. The van der Waals surface area contributed by atoms with E-state index in [4.69, 9.17) is 9.84 Å². The summed E-state index contributed by atoms with van der Waals surface area (Å²) in [6, 6.07) is 19.6. The summed E-state index contributed by atoms with van der Waals surface area (Å²) in [4.78, 5) is 23.9. The van der Waals surface area contributed by atoms with Crippen LogP contribution in [0.25, 0.3) is 16.9 Å². The average Bonchev–Trinajstić information content (AvgIpc) is 3.15. The predicted molar refractivity (Wildman–Crippen MR) is 115 cm³/mol. The molecule has 0 radical (unpaired) electrons. The summed E-state index contributed by atoms with van der Waals surface area (Å²) in [6.07, 6.45) is 1.28. The van der Waals surface area contributed by atoms with Crippen molar-refractivity contribution in [2.45, 2.75) is 32.9 Å². The Morgan fingerprint density at radius 1 is 0.967 bits per heavy atom. The van der Waals surface area contributed by atoms with Crippen molar-refractivity contribution >= 4 is 12.0 Å². The zero-order valence-electron chi connectivity index (χ0n) is 17.4. The van der Waals surface area contributed by atoms with E-state index in [1.807, 2.05) is 66.9 Å². The van der Waals surface area contributed by atoms with E-state index in [2.05, 4.69) is 10.6 Å². The van der Waals surface area contributed by atoms with Gasteiger partial charge in [-0.25, -0.2) is 9.48 Å². The summed E-state index contributed by atoms with van der Waals surface area (Å²) in [5.41, 5.74) is 2.94. The van der Waals surface area contributed by atoms with Gasteiger partial charge in [0.1, 0.15) is 12.1 Å². The van der Waals surface area contributed by atoms with Crippen molar-refractivity contribution in [3.05, 3.63) is 72.4 Å². The zero-order chi connectivity index (χ0) is 21.6. The molecule has 0 unspecified atom stereocenters. The van der Waals surface area contributed by atoms with Gasteiger partial charge in [-0.1, -0.05) is 48.5 Å². The smallest absolute Gasteiger partial charge is 0.408 e. The van der Waals surface area contributed by atoms with Crippen molar-refractivity contribution in [1.29, 1.82) is 0 Å².